The summed E-state index contributed by atoms with van der Waals surface area (Å²) in [6.07, 6.45) is 4.33. The Bertz CT molecular complexity index is 235. The molecule has 0 bridgehead atoms. The minimum atomic E-state index is 0.0669. The van der Waals surface area contributed by atoms with Gasteiger partial charge in [-0.15, -0.1) is 6.58 Å². The highest BCUT2D eigenvalue weighted by atomic mass is 16.1. The van der Waals surface area contributed by atoms with Gasteiger partial charge >= 0.3 is 0 Å². The Hall–Kier alpha value is -0.870. The van der Waals surface area contributed by atoms with Crippen molar-refractivity contribution in [2.24, 2.45) is 5.92 Å². The van der Waals surface area contributed by atoms with E-state index < -0.39 is 0 Å². The molecule has 1 aliphatic heterocycles. The van der Waals surface area contributed by atoms with Crippen molar-refractivity contribution in [2.45, 2.75) is 19.8 Å². The zero-order valence-electron chi connectivity index (χ0n) is 10.9. The summed E-state index contributed by atoms with van der Waals surface area (Å²) in [5.74, 6) is 0.932. The fraction of sp³-hybridized carbons (Fsp3) is 0.769. The molecular weight excluding hydrogens is 214 g/mol. The van der Waals surface area contributed by atoms with Crippen LogP contribution in [0.3, 0.4) is 0 Å². The second-order valence-corrected chi connectivity index (χ2v) is 4.79. The molecule has 1 rings (SSSR count). The zero-order valence-corrected chi connectivity index (χ0v) is 10.9. The largest absolute Gasteiger partial charge is 0.354 e. The van der Waals surface area contributed by atoms with E-state index in [0.29, 0.717) is 13.1 Å². The lowest BCUT2D eigenvalue weighted by atomic mass is 9.99. The second-order valence-electron chi connectivity index (χ2n) is 4.79. The second kappa shape index (κ2) is 8.25. The predicted molar refractivity (Wildman–Crippen MR) is 70.9 cm³/mol. The van der Waals surface area contributed by atoms with Gasteiger partial charge in [-0.25, -0.2) is 0 Å². The zero-order chi connectivity index (χ0) is 12.5. The van der Waals surface area contributed by atoms with Crippen LogP contribution in [0, 0.1) is 5.92 Å². The lowest BCUT2D eigenvalue weighted by Crippen LogP contribution is -2.41. The molecule has 0 saturated carbocycles. The number of piperidine rings is 1. The van der Waals surface area contributed by atoms with E-state index in [2.05, 4.69) is 29.0 Å². The van der Waals surface area contributed by atoms with E-state index in [1.807, 2.05) is 0 Å². The van der Waals surface area contributed by atoms with Crippen LogP contribution >= 0.6 is 0 Å². The van der Waals surface area contributed by atoms with Crippen molar-refractivity contribution in [3.63, 3.8) is 0 Å². The topological polar surface area (TPSA) is 44.4 Å². The summed E-state index contributed by atoms with van der Waals surface area (Å²) < 4.78 is 0. The monoisotopic (exact) mass is 239 g/mol. The van der Waals surface area contributed by atoms with Crippen molar-refractivity contribution in [1.82, 2.24) is 15.5 Å². The fourth-order valence-electron chi connectivity index (χ4n) is 1.99. The van der Waals surface area contributed by atoms with E-state index in [0.717, 1.165) is 19.0 Å². The Morgan fingerprint density at radius 1 is 1.47 bits per heavy atom. The first-order valence-electron chi connectivity index (χ1n) is 6.53. The number of carbonyl (C=O) groups excluding carboxylic acids is 1. The van der Waals surface area contributed by atoms with Gasteiger partial charge in [-0.1, -0.05) is 13.0 Å². The molecule has 98 valence electrons. The summed E-state index contributed by atoms with van der Waals surface area (Å²) in [5, 5.41) is 5.91. The van der Waals surface area contributed by atoms with Gasteiger partial charge in [-0.2, -0.15) is 0 Å². The third-order valence-electron chi connectivity index (χ3n) is 3.20. The van der Waals surface area contributed by atoms with Gasteiger partial charge in [0.2, 0.25) is 5.91 Å². The van der Waals surface area contributed by atoms with Gasteiger partial charge in [-0.3, -0.25) is 4.79 Å². The summed E-state index contributed by atoms with van der Waals surface area (Å²) in [6.45, 7) is 11.0. The van der Waals surface area contributed by atoms with Gasteiger partial charge in [0.25, 0.3) is 0 Å². The number of amides is 1. The van der Waals surface area contributed by atoms with Crippen LogP contribution in [0.25, 0.3) is 0 Å². The molecule has 4 nitrogen and oxygen atoms in total. The van der Waals surface area contributed by atoms with Crippen LogP contribution in [-0.4, -0.2) is 50.1 Å². The van der Waals surface area contributed by atoms with Crippen LogP contribution in [0.4, 0.5) is 0 Å². The first-order valence-corrected chi connectivity index (χ1v) is 6.53. The number of hydrogen-bond donors (Lipinski definition) is 2. The average Bonchev–Trinajstić information content (AvgIpc) is 2.32. The predicted octanol–water partition coefficient (Wildman–Crippen LogP) is 0.610. The number of nitrogens with zero attached hydrogens (tertiary/aromatic N) is 1. The Morgan fingerprint density at radius 3 is 2.82 bits per heavy atom. The highest BCUT2D eigenvalue weighted by molar-refractivity contribution is 5.77. The third-order valence-corrected chi connectivity index (χ3v) is 3.20. The van der Waals surface area contributed by atoms with Crippen molar-refractivity contribution >= 4 is 5.91 Å². The molecule has 0 atom stereocenters. The summed E-state index contributed by atoms with van der Waals surface area (Å²) in [5.41, 5.74) is 0. The quantitative estimate of drug-likeness (QED) is 0.505. The SMILES string of the molecule is C=CCNCC(=O)NCCN1CCC(C)CC1. The molecule has 1 heterocycles. The molecule has 0 spiro atoms. The molecule has 1 fully saturated rings. The van der Waals surface area contributed by atoms with Crippen LogP contribution < -0.4 is 10.6 Å². The molecule has 0 aliphatic carbocycles. The smallest absolute Gasteiger partial charge is 0.234 e. The minimum Gasteiger partial charge on any atom is -0.354 e. The first kappa shape index (κ1) is 14.2. The van der Waals surface area contributed by atoms with E-state index in [4.69, 9.17) is 0 Å². The molecule has 0 unspecified atom stereocenters. The molecule has 0 aromatic carbocycles. The normalized spacial score (nSPS) is 17.9. The van der Waals surface area contributed by atoms with Crippen molar-refractivity contribution < 1.29 is 4.79 Å². The first-order chi connectivity index (χ1) is 8.22. The fourth-order valence-corrected chi connectivity index (χ4v) is 1.99. The van der Waals surface area contributed by atoms with Crippen LogP contribution in [0.1, 0.15) is 19.8 Å². The van der Waals surface area contributed by atoms with Gasteiger partial charge in [0.05, 0.1) is 6.54 Å². The maximum absolute atomic E-state index is 11.4. The molecule has 1 saturated heterocycles. The summed E-state index contributed by atoms with van der Waals surface area (Å²) in [7, 11) is 0. The number of carbonyl (C=O) groups is 1. The lowest BCUT2D eigenvalue weighted by molar-refractivity contribution is -0.120. The number of rotatable bonds is 7. The molecule has 17 heavy (non-hydrogen) atoms. The van der Waals surface area contributed by atoms with E-state index in [1.54, 1.807) is 6.08 Å². The van der Waals surface area contributed by atoms with Crippen molar-refractivity contribution in [3.8, 4) is 0 Å². The van der Waals surface area contributed by atoms with E-state index in [9.17, 15) is 4.79 Å². The van der Waals surface area contributed by atoms with E-state index in [1.165, 1.54) is 25.9 Å². The Kier molecular flexibility index (Phi) is 6.89. The van der Waals surface area contributed by atoms with Crippen LogP contribution in [-0.2, 0) is 4.79 Å². The molecule has 0 aromatic heterocycles. The summed E-state index contributed by atoms with van der Waals surface area (Å²) in [4.78, 5) is 13.8. The number of nitrogens with one attached hydrogen (secondary N) is 2. The Labute approximate surface area is 104 Å². The third kappa shape index (κ3) is 6.44. The minimum absolute atomic E-state index is 0.0669. The average molecular weight is 239 g/mol. The molecule has 0 radical (unpaired) electrons. The van der Waals surface area contributed by atoms with Crippen molar-refractivity contribution in [1.29, 1.82) is 0 Å². The Balaban J connectivity index is 1.99. The molecule has 0 aromatic rings. The highest BCUT2D eigenvalue weighted by Gasteiger charge is 2.14. The maximum atomic E-state index is 11.4. The van der Waals surface area contributed by atoms with Crippen LogP contribution in [0.5, 0.6) is 0 Å². The standard InChI is InChI=1S/C13H25N3O/c1-3-6-14-11-13(17)15-7-10-16-8-4-12(2)5-9-16/h3,12,14H,1,4-11H2,2H3,(H,15,17). The van der Waals surface area contributed by atoms with Crippen LogP contribution in [0.2, 0.25) is 0 Å². The highest BCUT2D eigenvalue weighted by Crippen LogP contribution is 2.14. The summed E-state index contributed by atoms with van der Waals surface area (Å²) in [6, 6.07) is 0. The molecule has 2 N–H and O–H groups in total. The van der Waals surface area contributed by atoms with Gasteiger partial charge in [-0.05, 0) is 31.8 Å². The van der Waals surface area contributed by atoms with E-state index >= 15 is 0 Å². The molecular formula is C13H25N3O. The molecule has 1 amide bonds. The Morgan fingerprint density at radius 2 is 2.18 bits per heavy atom. The number of hydrogen-bond acceptors (Lipinski definition) is 3. The van der Waals surface area contributed by atoms with Crippen LogP contribution in [0.15, 0.2) is 12.7 Å². The summed E-state index contributed by atoms with van der Waals surface area (Å²) >= 11 is 0. The molecule has 4 heteroatoms. The van der Waals surface area contributed by atoms with Gasteiger partial charge < -0.3 is 15.5 Å². The van der Waals surface area contributed by atoms with Crippen molar-refractivity contribution in [3.05, 3.63) is 12.7 Å². The van der Waals surface area contributed by atoms with Gasteiger partial charge in [0, 0.05) is 19.6 Å². The lowest BCUT2D eigenvalue weighted by Gasteiger charge is -2.30. The van der Waals surface area contributed by atoms with Gasteiger partial charge in [0.1, 0.15) is 0 Å². The molecule has 1 aliphatic rings. The van der Waals surface area contributed by atoms with Gasteiger partial charge in [0.15, 0.2) is 0 Å². The van der Waals surface area contributed by atoms with Crippen molar-refractivity contribution in [2.75, 3.05) is 39.3 Å². The van der Waals surface area contributed by atoms with E-state index in [-0.39, 0.29) is 5.91 Å². The number of likely N-dealkylation sites (tertiary alicyclic amines) is 1. The maximum Gasteiger partial charge on any atom is 0.234 e.